The summed E-state index contributed by atoms with van der Waals surface area (Å²) in [6.45, 7) is 10.2. The Labute approximate surface area is 103 Å². The Morgan fingerprint density at radius 1 is 1.18 bits per heavy atom. The zero-order valence-electron chi connectivity index (χ0n) is 11.0. The molecule has 0 radical (unpaired) electrons. The molecule has 0 unspecified atom stereocenters. The number of rotatable bonds is 3. The molecule has 0 spiro atoms. The minimum Gasteiger partial charge on any atom is -0.396 e. The number of nitrogen functional groups attached to an aromatic ring is 2. The molecular weight excluding hydrogens is 212 g/mol. The Bertz CT molecular complexity index is 423. The summed E-state index contributed by atoms with van der Waals surface area (Å²) in [6, 6.07) is 3.65. The van der Waals surface area contributed by atoms with E-state index in [2.05, 4.69) is 38.0 Å². The van der Waals surface area contributed by atoms with E-state index in [1.807, 2.05) is 6.07 Å². The maximum Gasteiger partial charge on any atom is 0.149 e. The summed E-state index contributed by atoms with van der Waals surface area (Å²) in [6.07, 6.45) is 0. The highest BCUT2D eigenvalue weighted by molar-refractivity contribution is 5.61. The second-order valence-corrected chi connectivity index (χ2v) is 6.05. The minimum absolute atomic E-state index is 0.388. The molecule has 0 aliphatic heterocycles. The van der Waals surface area contributed by atoms with Crippen molar-refractivity contribution in [3.63, 3.8) is 0 Å². The van der Waals surface area contributed by atoms with Gasteiger partial charge in [-0.3, -0.25) is 0 Å². The van der Waals surface area contributed by atoms with Gasteiger partial charge in [0.05, 0.1) is 5.69 Å². The fourth-order valence-electron chi connectivity index (χ4n) is 2.63. The van der Waals surface area contributed by atoms with Crippen molar-refractivity contribution in [2.45, 2.75) is 27.7 Å². The fraction of sp³-hybridized carbons (Fsp3) is 0.615. The molecule has 94 valence electrons. The zero-order valence-corrected chi connectivity index (χ0v) is 11.0. The molecule has 4 nitrogen and oxygen atoms in total. The van der Waals surface area contributed by atoms with Gasteiger partial charge in [-0.25, -0.2) is 4.98 Å². The smallest absolute Gasteiger partial charge is 0.149 e. The molecular formula is C13H22N4. The van der Waals surface area contributed by atoms with Gasteiger partial charge in [0.15, 0.2) is 0 Å². The minimum atomic E-state index is 0.388. The number of aromatic nitrogens is 1. The van der Waals surface area contributed by atoms with E-state index in [1.54, 1.807) is 6.07 Å². The quantitative estimate of drug-likeness (QED) is 0.750. The standard InChI is InChI=1S/C13H22N4/c1-12(2)9(13(12,3)4)7-16-10-6-5-8(14)11(15)17-10/h5-6,9H,7,14H2,1-4H3,(H3,15,16,17). The van der Waals surface area contributed by atoms with E-state index >= 15 is 0 Å². The number of nitrogens with zero attached hydrogens (tertiary/aromatic N) is 1. The van der Waals surface area contributed by atoms with Crippen LogP contribution in [0.1, 0.15) is 27.7 Å². The van der Waals surface area contributed by atoms with E-state index in [0.29, 0.717) is 28.3 Å². The number of nitrogens with two attached hydrogens (primary N) is 2. The van der Waals surface area contributed by atoms with Gasteiger partial charge in [0.2, 0.25) is 0 Å². The van der Waals surface area contributed by atoms with Crippen molar-refractivity contribution >= 4 is 17.3 Å². The van der Waals surface area contributed by atoms with Crippen molar-refractivity contribution in [3.8, 4) is 0 Å². The number of pyridine rings is 1. The van der Waals surface area contributed by atoms with E-state index in [1.165, 1.54) is 0 Å². The molecule has 1 heterocycles. The summed E-state index contributed by atoms with van der Waals surface area (Å²) >= 11 is 0. The third-order valence-corrected chi connectivity index (χ3v) is 4.76. The molecule has 0 atom stereocenters. The molecule has 0 amide bonds. The number of hydrogen-bond acceptors (Lipinski definition) is 4. The fourth-order valence-corrected chi connectivity index (χ4v) is 2.63. The highest BCUT2D eigenvalue weighted by atomic mass is 15.0. The van der Waals surface area contributed by atoms with E-state index in [9.17, 15) is 0 Å². The predicted molar refractivity (Wildman–Crippen MR) is 72.6 cm³/mol. The lowest BCUT2D eigenvalue weighted by atomic mass is 10.0. The van der Waals surface area contributed by atoms with Crippen molar-refractivity contribution < 1.29 is 0 Å². The SMILES string of the molecule is CC1(C)C(CNc2ccc(N)c(N)n2)C1(C)C. The predicted octanol–water partition coefficient (Wildman–Crippen LogP) is 2.34. The normalized spacial score (nSPS) is 21.2. The number of hydrogen-bond donors (Lipinski definition) is 3. The molecule has 4 heteroatoms. The summed E-state index contributed by atoms with van der Waals surface area (Å²) in [7, 11) is 0. The van der Waals surface area contributed by atoms with Gasteiger partial charge in [-0.1, -0.05) is 27.7 Å². The van der Waals surface area contributed by atoms with Crippen molar-refractivity contribution in [3.05, 3.63) is 12.1 Å². The molecule has 1 aromatic rings. The van der Waals surface area contributed by atoms with Gasteiger partial charge in [0.25, 0.3) is 0 Å². The van der Waals surface area contributed by atoms with Gasteiger partial charge >= 0.3 is 0 Å². The summed E-state index contributed by atoms with van der Waals surface area (Å²) in [5.74, 6) is 1.86. The largest absolute Gasteiger partial charge is 0.396 e. The molecule has 0 bridgehead atoms. The van der Waals surface area contributed by atoms with Crippen LogP contribution in [0.5, 0.6) is 0 Å². The lowest BCUT2D eigenvalue weighted by molar-refractivity contribution is 0.457. The van der Waals surface area contributed by atoms with Gasteiger partial charge in [-0.15, -0.1) is 0 Å². The van der Waals surface area contributed by atoms with Crippen LogP contribution in [0.4, 0.5) is 17.3 Å². The topological polar surface area (TPSA) is 77.0 Å². The molecule has 1 aliphatic rings. The molecule has 2 rings (SSSR count). The Hall–Kier alpha value is -1.45. The first-order valence-corrected chi connectivity index (χ1v) is 6.02. The van der Waals surface area contributed by atoms with Crippen LogP contribution in [0.2, 0.25) is 0 Å². The first-order chi connectivity index (χ1) is 7.76. The highest BCUT2D eigenvalue weighted by Crippen LogP contribution is 2.68. The third-order valence-electron chi connectivity index (χ3n) is 4.76. The molecule has 1 aliphatic carbocycles. The van der Waals surface area contributed by atoms with Crippen LogP contribution in [0.15, 0.2) is 12.1 Å². The summed E-state index contributed by atoms with van der Waals surface area (Å²) < 4.78 is 0. The average molecular weight is 234 g/mol. The van der Waals surface area contributed by atoms with Crippen LogP contribution in [0.3, 0.4) is 0 Å². The van der Waals surface area contributed by atoms with Gasteiger partial charge in [0, 0.05) is 6.54 Å². The highest BCUT2D eigenvalue weighted by Gasteiger charge is 2.64. The summed E-state index contributed by atoms with van der Waals surface area (Å²) in [5.41, 5.74) is 12.6. The molecule has 1 saturated carbocycles. The van der Waals surface area contributed by atoms with E-state index in [4.69, 9.17) is 11.5 Å². The van der Waals surface area contributed by atoms with Crippen molar-refractivity contribution in [2.24, 2.45) is 16.7 Å². The maximum atomic E-state index is 5.67. The monoisotopic (exact) mass is 234 g/mol. The molecule has 5 N–H and O–H groups in total. The molecule has 0 aromatic carbocycles. The van der Waals surface area contributed by atoms with Crippen LogP contribution in [0, 0.1) is 16.7 Å². The van der Waals surface area contributed by atoms with Crippen molar-refractivity contribution in [1.82, 2.24) is 4.98 Å². The van der Waals surface area contributed by atoms with Gasteiger partial charge in [-0.2, -0.15) is 0 Å². The molecule has 17 heavy (non-hydrogen) atoms. The van der Waals surface area contributed by atoms with Gasteiger partial charge in [0.1, 0.15) is 11.6 Å². The van der Waals surface area contributed by atoms with E-state index < -0.39 is 0 Å². The zero-order chi connectivity index (χ0) is 12.8. The molecule has 1 fully saturated rings. The van der Waals surface area contributed by atoms with Crippen LogP contribution in [0.25, 0.3) is 0 Å². The van der Waals surface area contributed by atoms with Gasteiger partial charge < -0.3 is 16.8 Å². The van der Waals surface area contributed by atoms with Crippen molar-refractivity contribution in [2.75, 3.05) is 23.3 Å². The van der Waals surface area contributed by atoms with Crippen LogP contribution < -0.4 is 16.8 Å². The second kappa shape index (κ2) is 3.52. The van der Waals surface area contributed by atoms with Crippen LogP contribution >= 0.6 is 0 Å². The van der Waals surface area contributed by atoms with Gasteiger partial charge in [-0.05, 0) is 28.9 Å². The van der Waals surface area contributed by atoms with Crippen molar-refractivity contribution in [1.29, 1.82) is 0 Å². The van der Waals surface area contributed by atoms with E-state index in [-0.39, 0.29) is 0 Å². The molecule has 1 aromatic heterocycles. The lowest BCUT2D eigenvalue weighted by Crippen LogP contribution is -2.10. The third kappa shape index (κ3) is 1.81. The Morgan fingerprint density at radius 3 is 2.24 bits per heavy atom. The lowest BCUT2D eigenvalue weighted by Gasteiger charge is -2.08. The Kier molecular flexibility index (Phi) is 2.49. The second-order valence-electron chi connectivity index (χ2n) is 6.05. The first-order valence-electron chi connectivity index (χ1n) is 6.02. The molecule has 0 saturated heterocycles. The summed E-state index contributed by atoms with van der Waals surface area (Å²) in [5, 5.41) is 3.34. The van der Waals surface area contributed by atoms with Crippen LogP contribution in [-0.4, -0.2) is 11.5 Å². The number of anilines is 3. The Morgan fingerprint density at radius 2 is 1.76 bits per heavy atom. The maximum absolute atomic E-state index is 5.67. The van der Waals surface area contributed by atoms with E-state index in [0.717, 1.165) is 12.4 Å². The number of nitrogens with one attached hydrogen (secondary N) is 1. The van der Waals surface area contributed by atoms with Crippen LogP contribution in [-0.2, 0) is 0 Å². The first kappa shape index (κ1) is 12.0. The average Bonchev–Trinajstić information content (AvgIpc) is 2.61. The summed E-state index contributed by atoms with van der Waals surface area (Å²) in [4.78, 5) is 4.21. The Balaban J connectivity index is 1.98.